The molecule has 1 aliphatic carbocycles. The van der Waals surface area contributed by atoms with E-state index in [0.717, 1.165) is 18.0 Å². The number of rotatable bonds is 5. The summed E-state index contributed by atoms with van der Waals surface area (Å²) < 4.78 is 5.96. The quantitative estimate of drug-likeness (QED) is 0.897. The third-order valence-corrected chi connectivity index (χ3v) is 3.72. The summed E-state index contributed by atoms with van der Waals surface area (Å²) >= 11 is 0. The molecule has 1 saturated carbocycles. The van der Waals surface area contributed by atoms with Crippen molar-refractivity contribution >= 4 is 0 Å². The van der Waals surface area contributed by atoms with Crippen molar-refractivity contribution < 1.29 is 4.74 Å². The van der Waals surface area contributed by atoms with Crippen LogP contribution >= 0.6 is 0 Å². The van der Waals surface area contributed by atoms with Crippen molar-refractivity contribution in [2.24, 2.45) is 0 Å². The highest BCUT2D eigenvalue weighted by Gasteiger charge is 2.20. The Morgan fingerprint density at radius 2 is 2.10 bits per heavy atom. The topological polar surface area (TPSA) is 34.1 Å². The molecule has 104 valence electrons. The normalized spacial score (nSPS) is 14.3. The van der Waals surface area contributed by atoms with Crippen molar-refractivity contribution in [1.82, 2.24) is 10.3 Å². The molecule has 3 nitrogen and oxygen atoms in total. The maximum absolute atomic E-state index is 5.96. The van der Waals surface area contributed by atoms with Crippen LogP contribution in [0.15, 0.2) is 36.7 Å². The van der Waals surface area contributed by atoms with Crippen LogP contribution in [-0.4, -0.2) is 11.0 Å². The number of hydrogen-bond acceptors (Lipinski definition) is 3. The van der Waals surface area contributed by atoms with E-state index in [0.29, 0.717) is 6.04 Å². The van der Waals surface area contributed by atoms with Crippen molar-refractivity contribution in [2.45, 2.75) is 39.3 Å². The number of pyridine rings is 1. The number of nitrogens with zero attached hydrogens (tertiary/aromatic N) is 1. The van der Waals surface area contributed by atoms with Crippen LogP contribution in [-0.2, 0) is 6.54 Å². The van der Waals surface area contributed by atoms with Gasteiger partial charge in [-0.2, -0.15) is 0 Å². The van der Waals surface area contributed by atoms with Gasteiger partial charge in [0.05, 0.1) is 6.20 Å². The standard InChI is InChI=1S/C17H20N2O/c1-12-4-3-5-17(13(12)2)20-16-8-14(9-18-11-16)10-19-15-6-7-15/h3-5,8-9,11,15,19H,6-7,10H2,1-2H3. The number of aryl methyl sites for hydroxylation is 1. The van der Waals surface area contributed by atoms with Gasteiger partial charge >= 0.3 is 0 Å². The second-order valence-electron chi connectivity index (χ2n) is 5.48. The van der Waals surface area contributed by atoms with E-state index in [4.69, 9.17) is 4.74 Å². The Kier molecular flexibility index (Phi) is 3.70. The molecule has 0 aliphatic heterocycles. The highest BCUT2D eigenvalue weighted by molar-refractivity contribution is 5.41. The minimum absolute atomic E-state index is 0.707. The van der Waals surface area contributed by atoms with Gasteiger partial charge in [-0.15, -0.1) is 0 Å². The van der Waals surface area contributed by atoms with E-state index in [2.05, 4.69) is 36.3 Å². The zero-order valence-corrected chi connectivity index (χ0v) is 12.0. The molecule has 20 heavy (non-hydrogen) atoms. The first kappa shape index (κ1) is 13.1. The first-order chi connectivity index (χ1) is 9.72. The minimum Gasteiger partial charge on any atom is -0.455 e. The molecule has 0 amide bonds. The number of ether oxygens (including phenoxy) is 1. The van der Waals surface area contributed by atoms with Crippen LogP contribution < -0.4 is 10.1 Å². The summed E-state index contributed by atoms with van der Waals surface area (Å²) in [5, 5.41) is 3.49. The predicted octanol–water partition coefficient (Wildman–Crippen LogP) is 3.74. The molecule has 1 N–H and O–H groups in total. The van der Waals surface area contributed by atoms with E-state index in [1.165, 1.54) is 29.5 Å². The van der Waals surface area contributed by atoms with E-state index in [1.54, 1.807) is 6.20 Å². The van der Waals surface area contributed by atoms with Gasteiger partial charge in [-0.1, -0.05) is 12.1 Å². The number of hydrogen-bond donors (Lipinski definition) is 1. The average molecular weight is 268 g/mol. The smallest absolute Gasteiger partial charge is 0.146 e. The van der Waals surface area contributed by atoms with Gasteiger partial charge in [0.15, 0.2) is 0 Å². The average Bonchev–Trinajstić information content (AvgIpc) is 3.26. The molecule has 1 fully saturated rings. The van der Waals surface area contributed by atoms with Crippen molar-refractivity contribution in [3.8, 4) is 11.5 Å². The molecule has 1 aliphatic rings. The summed E-state index contributed by atoms with van der Waals surface area (Å²) in [5.41, 5.74) is 3.58. The first-order valence-electron chi connectivity index (χ1n) is 7.14. The maximum atomic E-state index is 5.96. The Morgan fingerprint density at radius 1 is 1.25 bits per heavy atom. The van der Waals surface area contributed by atoms with Crippen LogP contribution in [0.25, 0.3) is 0 Å². The van der Waals surface area contributed by atoms with Crippen molar-refractivity contribution in [3.63, 3.8) is 0 Å². The second kappa shape index (κ2) is 5.63. The SMILES string of the molecule is Cc1cccc(Oc2cncc(CNC3CC3)c2)c1C. The Hall–Kier alpha value is -1.87. The van der Waals surface area contributed by atoms with E-state index in [1.807, 2.05) is 18.3 Å². The van der Waals surface area contributed by atoms with Gasteiger partial charge in [-0.25, -0.2) is 0 Å². The number of aromatic nitrogens is 1. The molecular formula is C17H20N2O. The highest BCUT2D eigenvalue weighted by atomic mass is 16.5. The summed E-state index contributed by atoms with van der Waals surface area (Å²) in [6.07, 6.45) is 6.26. The van der Waals surface area contributed by atoms with Gasteiger partial charge in [-0.3, -0.25) is 4.98 Å². The number of benzene rings is 1. The molecule has 0 saturated heterocycles. The summed E-state index contributed by atoms with van der Waals surface area (Å²) in [6, 6.07) is 8.88. The fraction of sp³-hybridized carbons (Fsp3) is 0.353. The summed E-state index contributed by atoms with van der Waals surface area (Å²) in [5.74, 6) is 1.70. The minimum atomic E-state index is 0.707. The summed E-state index contributed by atoms with van der Waals surface area (Å²) in [4.78, 5) is 4.27. The van der Waals surface area contributed by atoms with Crippen LogP contribution in [0.1, 0.15) is 29.5 Å². The molecule has 2 aromatic rings. The van der Waals surface area contributed by atoms with Crippen LogP contribution in [0.4, 0.5) is 0 Å². The molecule has 1 aromatic carbocycles. The molecule has 3 heteroatoms. The molecule has 0 atom stereocenters. The zero-order valence-electron chi connectivity index (χ0n) is 12.0. The van der Waals surface area contributed by atoms with Crippen LogP contribution in [0.3, 0.4) is 0 Å². The fourth-order valence-electron chi connectivity index (χ4n) is 2.13. The van der Waals surface area contributed by atoms with E-state index in [-0.39, 0.29) is 0 Å². The van der Waals surface area contributed by atoms with Crippen molar-refractivity contribution in [3.05, 3.63) is 53.3 Å². The lowest BCUT2D eigenvalue weighted by molar-refractivity contribution is 0.474. The lowest BCUT2D eigenvalue weighted by Crippen LogP contribution is -2.15. The van der Waals surface area contributed by atoms with Gasteiger partial charge in [0, 0.05) is 18.8 Å². The lowest BCUT2D eigenvalue weighted by Gasteiger charge is -2.11. The fourth-order valence-corrected chi connectivity index (χ4v) is 2.13. The van der Waals surface area contributed by atoms with Crippen molar-refractivity contribution in [1.29, 1.82) is 0 Å². The molecule has 0 spiro atoms. The van der Waals surface area contributed by atoms with Gasteiger partial charge < -0.3 is 10.1 Å². The van der Waals surface area contributed by atoms with Crippen LogP contribution in [0.2, 0.25) is 0 Å². The van der Waals surface area contributed by atoms with E-state index in [9.17, 15) is 0 Å². The molecule has 0 radical (unpaired) electrons. The third-order valence-electron chi connectivity index (χ3n) is 3.72. The molecule has 0 bridgehead atoms. The Labute approximate surface area is 120 Å². The number of nitrogens with one attached hydrogen (secondary N) is 1. The van der Waals surface area contributed by atoms with Crippen LogP contribution in [0.5, 0.6) is 11.5 Å². The molecular weight excluding hydrogens is 248 g/mol. The Balaban J connectivity index is 1.72. The zero-order chi connectivity index (χ0) is 13.9. The molecule has 3 rings (SSSR count). The van der Waals surface area contributed by atoms with Gasteiger partial charge in [-0.05, 0) is 55.5 Å². The maximum Gasteiger partial charge on any atom is 0.146 e. The highest BCUT2D eigenvalue weighted by Crippen LogP contribution is 2.27. The Morgan fingerprint density at radius 3 is 2.90 bits per heavy atom. The van der Waals surface area contributed by atoms with Crippen molar-refractivity contribution in [2.75, 3.05) is 0 Å². The van der Waals surface area contributed by atoms with Gasteiger partial charge in [0.25, 0.3) is 0 Å². The second-order valence-corrected chi connectivity index (χ2v) is 5.48. The monoisotopic (exact) mass is 268 g/mol. The van der Waals surface area contributed by atoms with Gasteiger partial charge in [0.2, 0.25) is 0 Å². The third kappa shape index (κ3) is 3.17. The van der Waals surface area contributed by atoms with E-state index < -0.39 is 0 Å². The summed E-state index contributed by atoms with van der Waals surface area (Å²) in [7, 11) is 0. The van der Waals surface area contributed by atoms with Gasteiger partial charge in [0.1, 0.15) is 11.5 Å². The molecule has 1 heterocycles. The molecule has 0 unspecified atom stereocenters. The molecule has 1 aromatic heterocycles. The largest absolute Gasteiger partial charge is 0.455 e. The van der Waals surface area contributed by atoms with E-state index >= 15 is 0 Å². The first-order valence-corrected chi connectivity index (χ1v) is 7.14. The predicted molar refractivity (Wildman–Crippen MR) is 80.1 cm³/mol. The summed E-state index contributed by atoms with van der Waals surface area (Å²) in [6.45, 7) is 5.04. The Bertz CT molecular complexity index is 606. The lowest BCUT2D eigenvalue weighted by atomic mass is 10.1. The van der Waals surface area contributed by atoms with Crippen LogP contribution in [0, 0.1) is 13.8 Å².